The van der Waals surface area contributed by atoms with Gasteiger partial charge in [0.25, 0.3) is 0 Å². The fraction of sp³-hybridized carbons (Fsp3) is 0.250. The van der Waals surface area contributed by atoms with Gasteiger partial charge in [-0.05, 0) is 0 Å². The molecule has 1 rings (SSSR count). The first kappa shape index (κ1) is 13.4. The van der Waals surface area contributed by atoms with E-state index in [0.717, 1.165) is 0 Å². The summed E-state index contributed by atoms with van der Waals surface area (Å²) in [5.74, 6) is 0. The predicted octanol–water partition coefficient (Wildman–Crippen LogP) is -1.78. The third kappa shape index (κ3) is 5.96. The van der Waals surface area contributed by atoms with Gasteiger partial charge in [0.15, 0.2) is 0 Å². The molecule has 5 nitrogen and oxygen atoms in total. The summed E-state index contributed by atoms with van der Waals surface area (Å²) in [7, 11) is 0. The van der Waals surface area contributed by atoms with E-state index in [9.17, 15) is 3.74 Å². The van der Waals surface area contributed by atoms with Gasteiger partial charge in [-0.15, -0.1) is 0 Å². The number of hydrogen-bond acceptors (Lipinski definition) is 3. The van der Waals surface area contributed by atoms with Gasteiger partial charge >= 0.3 is 60.8 Å². The molecule has 6 heteroatoms. The number of benzene rings is 1. The zero-order valence-corrected chi connectivity index (χ0v) is 9.32. The molecular formula is C8H13AsO5. The van der Waals surface area contributed by atoms with E-state index in [1.54, 1.807) is 18.2 Å². The zero-order chi connectivity index (χ0) is 11.0. The fourth-order valence-corrected chi connectivity index (χ4v) is 1.80. The first-order valence-electron chi connectivity index (χ1n) is 3.85. The number of rotatable bonds is 2. The van der Waals surface area contributed by atoms with Crippen molar-refractivity contribution in [3.8, 4) is 0 Å². The summed E-state index contributed by atoms with van der Waals surface area (Å²) in [5, 5.41) is 15.2. The average Bonchev–Trinajstić information content (AvgIpc) is 2.18. The van der Waals surface area contributed by atoms with Crippen LogP contribution in [-0.2, 0) is 3.74 Å². The van der Waals surface area contributed by atoms with Crippen LogP contribution in [0.15, 0.2) is 30.3 Å². The van der Waals surface area contributed by atoms with E-state index in [4.69, 9.17) is 18.4 Å². The Kier molecular flexibility index (Phi) is 6.53. The normalized spacial score (nSPS) is 10.3. The van der Waals surface area contributed by atoms with Gasteiger partial charge in [-0.2, -0.15) is 0 Å². The van der Waals surface area contributed by atoms with Crippen LogP contribution < -0.4 is 4.35 Å². The molecule has 0 saturated carbocycles. The summed E-state index contributed by atoms with van der Waals surface area (Å²) in [6.07, 6.45) is 0. The van der Waals surface area contributed by atoms with E-state index < -0.39 is 14.2 Å². The molecule has 0 unspecified atom stereocenters. The van der Waals surface area contributed by atoms with Crippen LogP contribution in [0.1, 0.15) is 0 Å². The van der Waals surface area contributed by atoms with Crippen molar-refractivity contribution >= 4 is 18.5 Å². The van der Waals surface area contributed by atoms with Crippen molar-refractivity contribution in [2.24, 2.45) is 0 Å². The summed E-state index contributed by atoms with van der Waals surface area (Å²) in [4.78, 5) is 0. The van der Waals surface area contributed by atoms with Crippen LogP contribution in [0.3, 0.4) is 0 Å². The van der Waals surface area contributed by atoms with Gasteiger partial charge < -0.3 is 10.2 Å². The molecule has 0 aliphatic rings. The van der Waals surface area contributed by atoms with Crippen LogP contribution in [0, 0.1) is 0 Å². The molecule has 14 heavy (non-hydrogen) atoms. The first-order valence-corrected chi connectivity index (χ1v) is 7.23. The van der Waals surface area contributed by atoms with Crippen LogP contribution >= 0.6 is 0 Å². The van der Waals surface area contributed by atoms with Crippen molar-refractivity contribution < 1.29 is 22.1 Å². The molecule has 0 fully saturated rings. The minimum atomic E-state index is -4.60. The second kappa shape index (κ2) is 6.81. The van der Waals surface area contributed by atoms with Gasteiger partial charge in [0.05, 0.1) is 13.2 Å². The van der Waals surface area contributed by atoms with Crippen molar-refractivity contribution in [3.05, 3.63) is 30.3 Å². The van der Waals surface area contributed by atoms with E-state index in [1.165, 1.54) is 12.1 Å². The van der Waals surface area contributed by atoms with Crippen molar-refractivity contribution in [1.82, 2.24) is 0 Å². The Morgan fingerprint density at radius 2 is 1.43 bits per heavy atom. The smallest absolute Gasteiger partial charge is 0.0662 e. The Hall–Kier alpha value is -0.582. The summed E-state index contributed by atoms with van der Waals surface area (Å²) in [5.41, 5.74) is 0. The van der Waals surface area contributed by atoms with Crippen LogP contribution in [0.4, 0.5) is 0 Å². The van der Waals surface area contributed by atoms with Gasteiger partial charge in [-0.3, -0.25) is 0 Å². The standard InChI is InChI=1S/C6H7AsO3.C2H6O2/c8-7(9,10)6-4-2-1-3-5-6;3-1-2-4/h1-5H,(H2,8,9,10);3-4H,1-2H2. The molecule has 1 aromatic rings. The van der Waals surface area contributed by atoms with E-state index in [2.05, 4.69) is 0 Å². The van der Waals surface area contributed by atoms with Crippen LogP contribution in [-0.4, -0.2) is 45.8 Å². The topological polar surface area (TPSA) is 98.0 Å². The molecule has 0 spiro atoms. The minimum Gasteiger partial charge on any atom is -0.394 e. The fourth-order valence-electron chi connectivity index (χ4n) is 0.622. The zero-order valence-electron chi connectivity index (χ0n) is 7.45. The Morgan fingerprint density at radius 3 is 1.64 bits per heavy atom. The van der Waals surface area contributed by atoms with Gasteiger partial charge in [-0.25, -0.2) is 0 Å². The number of aliphatic hydroxyl groups excluding tert-OH is 2. The molecule has 0 saturated heterocycles. The summed E-state index contributed by atoms with van der Waals surface area (Å²) in [6.45, 7) is -0.250. The second-order valence-electron chi connectivity index (χ2n) is 2.33. The maximum absolute atomic E-state index is 10.6. The molecule has 0 aliphatic heterocycles. The van der Waals surface area contributed by atoms with Gasteiger partial charge in [0.1, 0.15) is 0 Å². The predicted molar refractivity (Wildman–Crippen MR) is 51.1 cm³/mol. The molecular weight excluding hydrogens is 251 g/mol. The quantitative estimate of drug-likeness (QED) is 0.473. The minimum absolute atomic E-state index is 0.125. The molecule has 0 atom stereocenters. The second-order valence-corrected chi connectivity index (χ2v) is 5.69. The van der Waals surface area contributed by atoms with Crippen LogP contribution in [0.2, 0.25) is 0 Å². The van der Waals surface area contributed by atoms with Crippen molar-refractivity contribution in [3.63, 3.8) is 0 Å². The SMILES string of the molecule is O=[As](O)(O)c1ccccc1.OCCO. The maximum Gasteiger partial charge on any atom is 0.0662 e. The third-order valence-electron chi connectivity index (χ3n) is 1.19. The average molecular weight is 264 g/mol. The molecule has 4 N–H and O–H groups in total. The monoisotopic (exact) mass is 264 g/mol. The molecule has 0 aliphatic carbocycles. The maximum atomic E-state index is 10.6. The summed E-state index contributed by atoms with van der Waals surface area (Å²) in [6, 6.07) is 7.79. The van der Waals surface area contributed by atoms with Gasteiger partial charge in [-0.1, -0.05) is 0 Å². The van der Waals surface area contributed by atoms with Crippen molar-refractivity contribution in [1.29, 1.82) is 0 Å². The number of aliphatic hydroxyl groups is 2. The first-order chi connectivity index (χ1) is 6.52. The molecule has 0 aromatic heterocycles. The van der Waals surface area contributed by atoms with E-state index in [1.807, 2.05) is 0 Å². The van der Waals surface area contributed by atoms with Crippen molar-refractivity contribution in [2.45, 2.75) is 0 Å². The Balaban J connectivity index is 0.000000364. The van der Waals surface area contributed by atoms with Crippen LogP contribution in [0.5, 0.6) is 0 Å². The Morgan fingerprint density at radius 1 is 1.00 bits per heavy atom. The van der Waals surface area contributed by atoms with E-state index in [-0.39, 0.29) is 17.6 Å². The summed E-state index contributed by atoms with van der Waals surface area (Å²) < 4.78 is 28.0. The van der Waals surface area contributed by atoms with Gasteiger partial charge in [0, 0.05) is 0 Å². The third-order valence-corrected chi connectivity index (χ3v) is 3.23. The molecule has 0 radical (unpaired) electrons. The van der Waals surface area contributed by atoms with Gasteiger partial charge in [0.2, 0.25) is 0 Å². The molecule has 0 bridgehead atoms. The van der Waals surface area contributed by atoms with Crippen LogP contribution in [0.25, 0.3) is 0 Å². The molecule has 0 heterocycles. The molecule has 80 valence electrons. The molecule has 1 aromatic carbocycles. The van der Waals surface area contributed by atoms with Crippen molar-refractivity contribution in [2.75, 3.05) is 13.2 Å². The number of hydrogen-bond donors (Lipinski definition) is 4. The van der Waals surface area contributed by atoms with E-state index in [0.29, 0.717) is 0 Å². The largest absolute Gasteiger partial charge is 0.394 e. The Labute approximate surface area is 84.6 Å². The summed E-state index contributed by atoms with van der Waals surface area (Å²) >= 11 is -4.60. The van der Waals surface area contributed by atoms with E-state index >= 15 is 0 Å². The molecule has 0 amide bonds. The Bertz CT molecular complexity index is 279.